The van der Waals surface area contributed by atoms with Crippen LogP contribution in [0.3, 0.4) is 0 Å². The van der Waals surface area contributed by atoms with Crippen molar-refractivity contribution >= 4 is 25.5 Å². The molecule has 3 unspecified atom stereocenters. The number of nitrogens with two attached hydrogens (primary N) is 3. The number of aliphatic hydroxyl groups is 7. The van der Waals surface area contributed by atoms with Gasteiger partial charge < -0.3 is 81.1 Å². The fraction of sp³-hybridized carbons (Fsp3) is 0.455. The lowest BCUT2D eigenvalue weighted by Crippen LogP contribution is -2.46. The minimum absolute atomic E-state index is 0.114. The fourth-order valence-electron chi connectivity index (χ4n) is 6.11. The number of nitrogens with zero attached hydrogens (tertiary/aromatic N) is 3. The molecule has 3 aromatic rings. The number of primary amides is 3. The molecule has 310 valence electrons. The molecule has 0 bridgehead atoms. The van der Waals surface area contributed by atoms with Gasteiger partial charge in [0.25, 0.3) is 44.2 Å². The van der Waals surface area contributed by atoms with E-state index in [1.54, 1.807) is 12.3 Å². The average Bonchev–Trinajstić information content (AvgIpc) is 3.77. The Bertz CT molecular complexity index is 1870. The van der Waals surface area contributed by atoms with Crippen LogP contribution in [-0.4, -0.2) is 128 Å². The van der Waals surface area contributed by atoms with Crippen molar-refractivity contribution in [2.24, 2.45) is 17.2 Å². The third-order valence-corrected chi connectivity index (χ3v) is 10.1. The van der Waals surface area contributed by atoms with E-state index in [1.807, 2.05) is 0 Å². The highest BCUT2D eigenvalue weighted by molar-refractivity contribution is 7.45. The van der Waals surface area contributed by atoms with Crippen LogP contribution in [-0.2, 0) is 27.8 Å². The van der Waals surface area contributed by atoms with Gasteiger partial charge in [0, 0.05) is 18.2 Å². The summed E-state index contributed by atoms with van der Waals surface area (Å²) in [7, 11) is -5.05. The van der Waals surface area contributed by atoms with E-state index in [1.165, 1.54) is 75.0 Å². The fourth-order valence-corrected chi connectivity index (χ4v) is 6.84. The number of amides is 3. The highest BCUT2D eigenvalue weighted by atomic mass is 31.2. The van der Waals surface area contributed by atoms with E-state index in [2.05, 4.69) is 0 Å². The van der Waals surface area contributed by atoms with E-state index in [0.717, 1.165) is 0 Å². The largest absolute Gasteiger partial charge is 0.756 e. The molecule has 3 amide bonds. The van der Waals surface area contributed by atoms with E-state index in [4.69, 9.17) is 45.6 Å². The van der Waals surface area contributed by atoms with Gasteiger partial charge in [-0.2, -0.15) is 13.7 Å². The molecule has 3 aliphatic heterocycles. The van der Waals surface area contributed by atoms with Crippen LogP contribution < -0.4 is 35.8 Å². The first-order valence-corrected chi connectivity index (χ1v) is 18.6. The minimum atomic E-state index is -5.05. The standard InChI is InChI=1S/C22H27N4O12P.C11H14N2O5/c23-19(31)11-3-1-5-25(7-11)21-17(29)15(27)13(37-21)9-35-39(33,34)36-10-14-16(28)18(30)22(38-14)26-6-2-4-12(8-26)20(24)32;12-10(17)6-2-1-3-13(4-6)11-9(16)8(15)7(5-14)18-11/h1-8,13-18,21-22,27-30H,9-10H2,(H3-2,23,24,31,32,33,34);1-4,7-9,11,14-16H,5H2,(H-,12,17)/p+2/t13-,14-,15-,16-,17-,18-,21?,22?;7-,8-,9-,11?/m11/s1. The Hall–Kier alpha value is -4.43. The van der Waals surface area contributed by atoms with Gasteiger partial charge in [-0.1, -0.05) is 0 Å². The Morgan fingerprint density at radius 3 is 1.18 bits per heavy atom. The number of pyridine rings is 3. The summed E-state index contributed by atoms with van der Waals surface area (Å²) in [6.45, 7) is -1.87. The molecule has 57 heavy (non-hydrogen) atoms. The molecule has 0 saturated carbocycles. The van der Waals surface area contributed by atoms with Crippen LogP contribution in [0.4, 0.5) is 0 Å². The number of hydrogen-bond acceptors (Lipinski definition) is 17. The molecule has 3 fully saturated rings. The average molecular weight is 827 g/mol. The lowest BCUT2D eigenvalue weighted by Gasteiger charge is -2.26. The Labute approximate surface area is 322 Å². The number of aromatic nitrogens is 3. The summed E-state index contributed by atoms with van der Waals surface area (Å²) in [6.07, 6.45) is -6.62. The number of ether oxygens (including phenoxy) is 3. The molecule has 0 aromatic carbocycles. The van der Waals surface area contributed by atoms with Gasteiger partial charge in [0.2, 0.25) is 0 Å². The highest BCUT2D eigenvalue weighted by Gasteiger charge is 2.51. The number of phosphoric ester groups is 1. The summed E-state index contributed by atoms with van der Waals surface area (Å²) in [6, 6.07) is 8.92. The third kappa shape index (κ3) is 10.2. The summed E-state index contributed by atoms with van der Waals surface area (Å²) in [5, 5.41) is 69.8. The van der Waals surface area contributed by atoms with Crippen molar-refractivity contribution in [1.82, 2.24) is 0 Å². The predicted octanol–water partition coefficient (Wildman–Crippen LogP) is -6.42. The molecule has 23 nitrogen and oxygen atoms in total. The number of hydrogen-bond donors (Lipinski definition) is 10. The van der Waals surface area contributed by atoms with Crippen LogP contribution in [0.2, 0.25) is 0 Å². The van der Waals surface area contributed by atoms with Gasteiger partial charge in [0.15, 0.2) is 55.5 Å². The first kappa shape index (κ1) is 43.7. The summed E-state index contributed by atoms with van der Waals surface area (Å²) in [5.74, 6) is -2.06. The molecule has 12 atom stereocenters. The molecule has 0 radical (unpaired) electrons. The van der Waals surface area contributed by atoms with Crippen molar-refractivity contribution in [2.75, 3.05) is 19.8 Å². The topological polar surface area (TPSA) is 369 Å². The van der Waals surface area contributed by atoms with Crippen LogP contribution in [0, 0.1) is 0 Å². The maximum Gasteiger partial charge on any atom is 0.292 e. The summed E-state index contributed by atoms with van der Waals surface area (Å²) < 4.78 is 42.3. The molecule has 0 spiro atoms. The zero-order valence-electron chi connectivity index (χ0n) is 29.7. The first-order chi connectivity index (χ1) is 26.9. The zero-order valence-corrected chi connectivity index (χ0v) is 30.6. The Morgan fingerprint density at radius 2 is 0.895 bits per heavy atom. The van der Waals surface area contributed by atoms with Gasteiger partial charge in [0.05, 0.1) is 19.8 Å². The normalized spacial score (nSPS) is 31.9. The van der Waals surface area contributed by atoms with Crippen LogP contribution in [0.15, 0.2) is 73.6 Å². The van der Waals surface area contributed by atoms with Crippen LogP contribution in [0.5, 0.6) is 0 Å². The second-order valence-corrected chi connectivity index (χ2v) is 14.5. The summed E-state index contributed by atoms with van der Waals surface area (Å²) >= 11 is 0. The van der Waals surface area contributed by atoms with Crippen molar-refractivity contribution in [2.45, 2.75) is 73.6 Å². The van der Waals surface area contributed by atoms with Gasteiger partial charge in [-0.05, 0) is 18.2 Å². The van der Waals surface area contributed by atoms with Crippen LogP contribution in [0.1, 0.15) is 49.8 Å². The number of carbonyl (C=O) groups excluding carboxylic acids is 3. The lowest BCUT2D eigenvalue weighted by molar-refractivity contribution is -0.766. The van der Waals surface area contributed by atoms with Crippen molar-refractivity contribution in [3.8, 4) is 0 Å². The SMILES string of the molecule is NC(=O)c1ccc[n+](C2O[C@H](CO)[C@@H](O)[C@H]2O)c1.NC(=O)c1ccc[n+](C2O[C@H](COP(=O)([O-])OC[C@H]3OC([n+]4cccc(C(N)=O)c4)[C@H](O)[C@@H]3O)[C@@H](O)[C@H]2O)c1. The molecule has 6 heterocycles. The van der Waals surface area contributed by atoms with E-state index < -0.39 is 119 Å². The molecular formula is C33H43N6O17P+2. The Morgan fingerprint density at radius 1 is 0.596 bits per heavy atom. The van der Waals surface area contributed by atoms with Gasteiger partial charge in [0.1, 0.15) is 53.3 Å². The van der Waals surface area contributed by atoms with Crippen molar-refractivity contribution in [3.05, 3.63) is 90.3 Å². The second-order valence-electron chi connectivity index (χ2n) is 13.1. The number of carbonyl (C=O) groups is 3. The molecular weight excluding hydrogens is 783 g/mol. The van der Waals surface area contributed by atoms with E-state index >= 15 is 0 Å². The van der Waals surface area contributed by atoms with Crippen molar-refractivity contribution in [3.63, 3.8) is 0 Å². The molecule has 24 heteroatoms. The van der Waals surface area contributed by atoms with Crippen molar-refractivity contribution in [1.29, 1.82) is 0 Å². The minimum Gasteiger partial charge on any atom is -0.756 e. The third-order valence-electron chi connectivity index (χ3n) is 9.19. The monoisotopic (exact) mass is 826 g/mol. The van der Waals surface area contributed by atoms with E-state index in [9.17, 15) is 54.5 Å². The summed E-state index contributed by atoms with van der Waals surface area (Å²) in [5.41, 5.74) is 16.1. The number of aliphatic hydroxyl groups excluding tert-OH is 7. The zero-order chi connectivity index (χ0) is 41.8. The maximum absolute atomic E-state index is 12.3. The van der Waals surface area contributed by atoms with Crippen LogP contribution in [0.25, 0.3) is 0 Å². The van der Waals surface area contributed by atoms with Gasteiger partial charge in [-0.3, -0.25) is 18.9 Å². The highest BCUT2D eigenvalue weighted by Crippen LogP contribution is 2.41. The van der Waals surface area contributed by atoms with E-state index in [-0.39, 0.29) is 16.7 Å². The molecule has 13 N–H and O–H groups in total. The summed E-state index contributed by atoms with van der Waals surface area (Å²) in [4.78, 5) is 46.2. The molecule has 3 aromatic heterocycles. The number of rotatable bonds is 13. The van der Waals surface area contributed by atoms with Gasteiger partial charge in [-0.25, -0.2) is 0 Å². The van der Waals surface area contributed by atoms with E-state index in [0.29, 0.717) is 0 Å². The second kappa shape index (κ2) is 18.4. The van der Waals surface area contributed by atoms with Crippen molar-refractivity contribution < 1.29 is 96.5 Å². The first-order valence-electron chi connectivity index (χ1n) is 17.1. The molecule has 0 aliphatic carbocycles. The van der Waals surface area contributed by atoms with Crippen LogP contribution >= 0.6 is 7.82 Å². The Kier molecular flexibility index (Phi) is 14.1. The maximum atomic E-state index is 12.3. The smallest absolute Gasteiger partial charge is 0.292 e. The quantitative estimate of drug-likeness (QED) is 0.0566. The predicted molar refractivity (Wildman–Crippen MR) is 180 cm³/mol. The van der Waals surface area contributed by atoms with Gasteiger partial charge >= 0.3 is 0 Å². The molecule has 3 saturated heterocycles. The van der Waals surface area contributed by atoms with Gasteiger partial charge in [-0.15, -0.1) is 0 Å². The Balaban J connectivity index is 0.000000287. The molecule has 6 rings (SSSR count). The molecule has 3 aliphatic rings. The lowest BCUT2D eigenvalue weighted by atomic mass is 10.1. The number of phosphoric acid groups is 1.